The topological polar surface area (TPSA) is 93.0 Å². The largest absolute Gasteiger partial charge is 0.484 e. The fourth-order valence-electron chi connectivity index (χ4n) is 1.58. The molecule has 0 atom stereocenters. The summed E-state index contributed by atoms with van der Waals surface area (Å²) < 4.78 is 5.18. The quantitative estimate of drug-likeness (QED) is 0.678. The number of hydrogen-bond donors (Lipinski definition) is 3. The van der Waals surface area contributed by atoms with E-state index in [1.807, 2.05) is 30.5 Å². The molecule has 0 aliphatic rings. The number of carbonyl (C=O) groups excluding carboxylic acids is 1. The molecular formula is C13H16N4O2. The third-order valence-electron chi connectivity index (χ3n) is 2.52. The van der Waals surface area contributed by atoms with Gasteiger partial charge in [-0.1, -0.05) is 12.1 Å². The molecule has 0 aliphatic heterocycles. The standard InChI is InChI=1S/C13H16N4O2/c14-13(18)9-19-12-3-1-10(2-4-12)5-15-6-11-7-16-17-8-11/h1-4,7-8,15H,5-6,9H2,(H2,14,18)(H,16,17). The van der Waals surface area contributed by atoms with Crippen LogP contribution in [0.2, 0.25) is 0 Å². The summed E-state index contributed by atoms with van der Waals surface area (Å²) in [5.74, 6) is 0.156. The number of aromatic nitrogens is 2. The average Bonchev–Trinajstić information content (AvgIpc) is 2.91. The lowest BCUT2D eigenvalue weighted by molar-refractivity contribution is -0.119. The first-order valence-corrected chi connectivity index (χ1v) is 5.92. The van der Waals surface area contributed by atoms with Crippen molar-refractivity contribution in [3.05, 3.63) is 47.8 Å². The number of amides is 1. The number of nitrogens with zero attached hydrogens (tertiary/aromatic N) is 1. The molecule has 1 aromatic heterocycles. The van der Waals surface area contributed by atoms with Gasteiger partial charge in [-0.15, -0.1) is 0 Å². The van der Waals surface area contributed by atoms with E-state index in [1.165, 1.54) is 0 Å². The van der Waals surface area contributed by atoms with E-state index in [2.05, 4.69) is 15.5 Å². The summed E-state index contributed by atoms with van der Waals surface area (Å²) in [7, 11) is 0. The second kappa shape index (κ2) is 6.55. The summed E-state index contributed by atoms with van der Waals surface area (Å²) in [5.41, 5.74) is 7.25. The van der Waals surface area contributed by atoms with E-state index in [0.717, 1.165) is 24.2 Å². The predicted molar refractivity (Wildman–Crippen MR) is 70.3 cm³/mol. The zero-order chi connectivity index (χ0) is 13.5. The van der Waals surface area contributed by atoms with Gasteiger partial charge in [-0.05, 0) is 17.7 Å². The molecule has 0 fully saturated rings. The molecule has 0 unspecified atom stereocenters. The number of primary amides is 1. The van der Waals surface area contributed by atoms with Crippen LogP contribution in [0.4, 0.5) is 0 Å². The molecule has 1 amide bonds. The molecular weight excluding hydrogens is 244 g/mol. The maximum absolute atomic E-state index is 10.6. The van der Waals surface area contributed by atoms with Gasteiger partial charge in [0.05, 0.1) is 6.20 Å². The van der Waals surface area contributed by atoms with Gasteiger partial charge in [-0.25, -0.2) is 0 Å². The zero-order valence-corrected chi connectivity index (χ0v) is 10.4. The molecule has 0 saturated carbocycles. The highest BCUT2D eigenvalue weighted by Crippen LogP contribution is 2.12. The van der Waals surface area contributed by atoms with Gasteiger partial charge in [0.2, 0.25) is 0 Å². The van der Waals surface area contributed by atoms with Crippen LogP contribution in [0, 0.1) is 0 Å². The number of aromatic amines is 1. The molecule has 2 rings (SSSR count). The van der Waals surface area contributed by atoms with Gasteiger partial charge >= 0.3 is 0 Å². The number of benzene rings is 1. The monoisotopic (exact) mass is 260 g/mol. The van der Waals surface area contributed by atoms with Crippen molar-refractivity contribution in [3.8, 4) is 5.75 Å². The molecule has 0 bridgehead atoms. The van der Waals surface area contributed by atoms with Crippen molar-refractivity contribution in [3.63, 3.8) is 0 Å². The van der Waals surface area contributed by atoms with E-state index in [9.17, 15) is 4.79 Å². The average molecular weight is 260 g/mol. The van der Waals surface area contributed by atoms with E-state index in [1.54, 1.807) is 6.20 Å². The van der Waals surface area contributed by atoms with E-state index >= 15 is 0 Å². The first kappa shape index (κ1) is 13.1. The molecule has 0 aliphatic carbocycles. The number of ether oxygens (including phenoxy) is 1. The molecule has 6 heteroatoms. The first-order valence-electron chi connectivity index (χ1n) is 5.92. The lowest BCUT2D eigenvalue weighted by Crippen LogP contribution is -2.20. The second-order valence-corrected chi connectivity index (χ2v) is 4.11. The van der Waals surface area contributed by atoms with Crippen LogP contribution in [0.5, 0.6) is 5.75 Å². The maximum atomic E-state index is 10.6. The minimum absolute atomic E-state index is 0.0991. The highest BCUT2D eigenvalue weighted by molar-refractivity contribution is 5.75. The van der Waals surface area contributed by atoms with Gasteiger partial charge in [-0.3, -0.25) is 9.89 Å². The highest BCUT2D eigenvalue weighted by Gasteiger charge is 1.99. The second-order valence-electron chi connectivity index (χ2n) is 4.11. The first-order chi connectivity index (χ1) is 9.24. The van der Waals surface area contributed by atoms with Crippen molar-refractivity contribution in [2.24, 2.45) is 5.73 Å². The zero-order valence-electron chi connectivity index (χ0n) is 10.4. The molecule has 4 N–H and O–H groups in total. The number of nitrogens with one attached hydrogen (secondary N) is 2. The Bertz CT molecular complexity index is 508. The van der Waals surface area contributed by atoms with Crippen molar-refractivity contribution in [1.82, 2.24) is 15.5 Å². The van der Waals surface area contributed by atoms with Gasteiger partial charge in [0.1, 0.15) is 5.75 Å². The smallest absolute Gasteiger partial charge is 0.255 e. The molecule has 6 nitrogen and oxygen atoms in total. The van der Waals surface area contributed by atoms with E-state index in [-0.39, 0.29) is 6.61 Å². The Kier molecular flexibility index (Phi) is 4.52. The van der Waals surface area contributed by atoms with Crippen LogP contribution in [0.3, 0.4) is 0 Å². The van der Waals surface area contributed by atoms with Crippen molar-refractivity contribution in [2.75, 3.05) is 6.61 Å². The van der Waals surface area contributed by atoms with Gasteiger partial charge in [-0.2, -0.15) is 5.10 Å². The molecule has 1 heterocycles. The number of hydrogen-bond acceptors (Lipinski definition) is 4. The fourth-order valence-corrected chi connectivity index (χ4v) is 1.58. The normalized spacial score (nSPS) is 10.3. The molecule has 100 valence electrons. The number of carbonyl (C=O) groups is 1. The van der Waals surface area contributed by atoms with Gasteiger partial charge in [0.25, 0.3) is 5.91 Å². The summed E-state index contributed by atoms with van der Waals surface area (Å²) >= 11 is 0. The highest BCUT2D eigenvalue weighted by atomic mass is 16.5. The predicted octanol–water partition coefficient (Wildman–Crippen LogP) is 0.564. The van der Waals surface area contributed by atoms with E-state index < -0.39 is 5.91 Å². The van der Waals surface area contributed by atoms with Gasteiger partial charge in [0, 0.05) is 24.8 Å². The van der Waals surface area contributed by atoms with Crippen molar-refractivity contribution < 1.29 is 9.53 Å². The van der Waals surface area contributed by atoms with Crippen LogP contribution in [0.25, 0.3) is 0 Å². The SMILES string of the molecule is NC(=O)COc1ccc(CNCc2cn[nH]c2)cc1. The third kappa shape index (κ3) is 4.44. The lowest BCUT2D eigenvalue weighted by Gasteiger charge is -2.06. The Hall–Kier alpha value is -2.34. The van der Waals surface area contributed by atoms with Gasteiger partial charge < -0.3 is 15.8 Å². The van der Waals surface area contributed by atoms with Crippen molar-refractivity contribution in [1.29, 1.82) is 0 Å². The molecule has 0 spiro atoms. The summed E-state index contributed by atoms with van der Waals surface area (Å²) in [5, 5.41) is 9.94. The lowest BCUT2D eigenvalue weighted by atomic mass is 10.2. The summed E-state index contributed by atoms with van der Waals surface area (Å²) in [6.07, 6.45) is 3.64. The fraction of sp³-hybridized carbons (Fsp3) is 0.231. The summed E-state index contributed by atoms with van der Waals surface area (Å²) in [6, 6.07) is 7.52. The van der Waals surface area contributed by atoms with Crippen molar-refractivity contribution in [2.45, 2.75) is 13.1 Å². The molecule has 0 radical (unpaired) electrons. The van der Waals surface area contributed by atoms with Crippen LogP contribution in [0.1, 0.15) is 11.1 Å². The Labute approximate surface area is 111 Å². The number of rotatable bonds is 7. The van der Waals surface area contributed by atoms with E-state index in [4.69, 9.17) is 10.5 Å². The van der Waals surface area contributed by atoms with Crippen LogP contribution < -0.4 is 15.8 Å². The van der Waals surface area contributed by atoms with Crippen LogP contribution in [-0.4, -0.2) is 22.7 Å². The maximum Gasteiger partial charge on any atom is 0.255 e. The Morgan fingerprint density at radius 3 is 2.63 bits per heavy atom. The summed E-state index contributed by atoms with van der Waals surface area (Å²) in [6.45, 7) is 1.41. The molecule has 19 heavy (non-hydrogen) atoms. The van der Waals surface area contributed by atoms with E-state index in [0.29, 0.717) is 5.75 Å². The Morgan fingerprint density at radius 1 is 1.26 bits per heavy atom. The van der Waals surface area contributed by atoms with Crippen LogP contribution >= 0.6 is 0 Å². The third-order valence-corrected chi connectivity index (χ3v) is 2.52. The number of H-pyrrole nitrogens is 1. The van der Waals surface area contributed by atoms with Crippen LogP contribution in [-0.2, 0) is 17.9 Å². The Morgan fingerprint density at radius 2 is 2.00 bits per heavy atom. The molecule has 1 aromatic carbocycles. The number of nitrogens with two attached hydrogens (primary N) is 1. The summed E-state index contributed by atoms with van der Waals surface area (Å²) in [4.78, 5) is 10.6. The minimum Gasteiger partial charge on any atom is -0.484 e. The molecule has 0 saturated heterocycles. The minimum atomic E-state index is -0.481. The van der Waals surface area contributed by atoms with Crippen molar-refractivity contribution >= 4 is 5.91 Å². The van der Waals surface area contributed by atoms with Gasteiger partial charge in [0.15, 0.2) is 6.61 Å². The Balaban J connectivity index is 1.76. The molecule has 2 aromatic rings. The van der Waals surface area contributed by atoms with Crippen LogP contribution in [0.15, 0.2) is 36.7 Å².